The number of benzene rings is 2. The van der Waals surface area contributed by atoms with Crippen LogP contribution in [0.1, 0.15) is 36.7 Å². The molecule has 0 saturated heterocycles. The number of hydrogen-bond acceptors (Lipinski definition) is 4. The van der Waals surface area contributed by atoms with Crippen molar-refractivity contribution in [1.29, 1.82) is 0 Å². The van der Waals surface area contributed by atoms with Gasteiger partial charge in [-0.15, -0.1) is 0 Å². The number of rotatable bonds is 7. The number of nitrogens with one attached hydrogen (secondary N) is 1. The van der Waals surface area contributed by atoms with Crippen molar-refractivity contribution in [3.63, 3.8) is 0 Å². The van der Waals surface area contributed by atoms with Crippen LogP contribution in [-0.2, 0) is 14.8 Å². The van der Waals surface area contributed by atoms with Crippen molar-refractivity contribution < 1.29 is 18.0 Å². The lowest BCUT2D eigenvalue weighted by Gasteiger charge is -2.26. The molecule has 1 unspecified atom stereocenters. The normalized spacial score (nSPS) is 12.6. The van der Waals surface area contributed by atoms with Crippen LogP contribution in [0.15, 0.2) is 53.4 Å². The summed E-state index contributed by atoms with van der Waals surface area (Å²) in [5.41, 5.74) is 2.10. The molecule has 1 N–H and O–H groups in total. The molecule has 27 heavy (non-hydrogen) atoms. The van der Waals surface area contributed by atoms with E-state index in [4.69, 9.17) is 0 Å². The smallest absolute Gasteiger partial charge is 0.243 e. The van der Waals surface area contributed by atoms with Gasteiger partial charge >= 0.3 is 0 Å². The summed E-state index contributed by atoms with van der Waals surface area (Å²) >= 11 is 0. The van der Waals surface area contributed by atoms with Gasteiger partial charge in [0.15, 0.2) is 5.78 Å². The van der Waals surface area contributed by atoms with Crippen molar-refractivity contribution in [2.75, 3.05) is 11.9 Å². The van der Waals surface area contributed by atoms with Crippen molar-refractivity contribution in [2.45, 2.75) is 38.6 Å². The topological polar surface area (TPSA) is 83.6 Å². The van der Waals surface area contributed by atoms with Gasteiger partial charge in [0, 0.05) is 17.8 Å². The van der Waals surface area contributed by atoms with Gasteiger partial charge in [0.25, 0.3) is 0 Å². The molecule has 144 valence electrons. The summed E-state index contributed by atoms with van der Waals surface area (Å²) in [5.74, 6) is -0.554. The molecule has 7 heteroatoms. The van der Waals surface area contributed by atoms with Crippen LogP contribution in [0.2, 0.25) is 0 Å². The molecule has 2 rings (SSSR count). The molecule has 0 bridgehead atoms. The summed E-state index contributed by atoms with van der Waals surface area (Å²) in [4.78, 5) is 24.0. The minimum absolute atomic E-state index is 0.0457. The third-order valence-corrected chi connectivity index (χ3v) is 6.37. The van der Waals surface area contributed by atoms with Crippen LogP contribution in [-0.4, -0.2) is 37.0 Å². The number of Topliss-reactive ketones (excluding diaryl/α,β-unsaturated/α-hetero) is 1. The van der Waals surface area contributed by atoms with Crippen molar-refractivity contribution in [3.05, 3.63) is 59.7 Å². The molecule has 0 spiro atoms. The number of aryl methyl sites for hydroxylation is 1. The standard InChI is InChI=1S/C20H24N2O4S/c1-5-22(15(3)20(24)21-18-10-6-14(2)7-11-18)27(25,26)19-12-8-17(9-13-19)16(4)23/h6-13,15H,5H2,1-4H3,(H,21,24). The van der Waals surface area contributed by atoms with Gasteiger partial charge in [-0.3, -0.25) is 9.59 Å². The highest BCUT2D eigenvalue weighted by molar-refractivity contribution is 7.89. The maximum atomic E-state index is 12.9. The van der Waals surface area contributed by atoms with Crippen LogP contribution in [0.25, 0.3) is 0 Å². The summed E-state index contributed by atoms with van der Waals surface area (Å²) < 4.78 is 27.0. The predicted octanol–water partition coefficient (Wildman–Crippen LogP) is 3.24. The van der Waals surface area contributed by atoms with Crippen LogP contribution < -0.4 is 5.32 Å². The molecule has 0 aromatic heterocycles. The quantitative estimate of drug-likeness (QED) is 0.738. The number of amides is 1. The zero-order valence-electron chi connectivity index (χ0n) is 15.9. The molecule has 2 aromatic rings. The van der Waals surface area contributed by atoms with E-state index in [9.17, 15) is 18.0 Å². The third-order valence-electron chi connectivity index (χ3n) is 4.31. The summed E-state index contributed by atoms with van der Waals surface area (Å²) in [6.07, 6.45) is 0. The Balaban J connectivity index is 2.23. The van der Waals surface area contributed by atoms with E-state index >= 15 is 0 Å². The van der Waals surface area contributed by atoms with Gasteiger partial charge in [-0.25, -0.2) is 8.42 Å². The van der Waals surface area contributed by atoms with Crippen molar-refractivity contribution >= 4 is 27.4 Å². The molecule has 1 atom stereocenters. The Bertz CT molecular complexity index is 919. The largest absolute Gasteiger partial charge is 0.325 e. The zero-order valence-corrected chi connectivity index (χ0v) is 16.7. The Morgan fingerprint density at radius 2 is 1.59 bits per heavy atom. The molecule has 0 heterocycles. The first-order valence-electron chi connectivity index (χ1n) is 8.67. The van der Waals surface area contributed by atoms with Gasteiger partial charge in [0.05, 0.1) is 4.90 Å². The van der Waals surface area contributed by atoms with Gasteiger partial charge in [0.2, 0.25) is 15.9 Å². The monoisotopic (exact) mass is 388 g/mol. The van der Waals surface area contributed by atoms with E-state index in [-0.39, 0.29) is 17.2 Å². The maximum Gasteiger partial charge on any atom is 0.243 e. The number of ketones is 1. The molecule has 1 amide bonds. The van der Waals surface area contributed by atoms with E-state index in [0.29, 0.717) is 11.3 Å². The first-order valence-corrected chi connectivity index (χ1v) is 10.1. The van der Waals surface area contributed by atoms with E-state index in [1.165, 1.54) is 31.2 Å². The highest BCUT2D eigenvalue weighted by Crippen LogP contribution is 2.20. The molecule has 0 aliphatic carbocycles. The van der Waals surface area contributed by atoms with E-state index in [2.05, 4.69) is 5.32 Å². The minimum Gasteiger partial charge on any atom is -0.325 e. The first kappa shape index (κ1) is 20.8. The SMILES string of the molecule is CCN(C(C)C(=O)Nc1ccc(C)cc1)S(=O)(=O)c1ccc(C(C)=O)cc1. The van der Waals surface area contributed by atoms with Crippen molar-refractivity contribution in [3.8, 4) is 0 Å². The Kier molecular flexibility index (Phi) is 6.51. The average molecular weight is 388 g/mol. The Labute approximate surface area is 160 Å². The maximum absolute atomic E-state index is 12.9. The number of likely N-dealkylation sites (N-methyl/N-ethyl adjacent to an activating group) is 1. The van der Waals surface area contributed by atoms with Crippen LogP contribution in [0.3, 0.4) is 0 Å². The van der Waals surface area contributed by atoms with E-state index < -0.39 is 22.0 Å². The molecule has 0 radical (unpaired) electrons. The van der Waals surface area contributed by atoms with Crippen molar-refractivity contribution in [2.24, 2.45) is 0 Å². The van der Waals surface area contributed by atoms with E-state index in [1.807, 2.05) is 19.1 Å². The second-order valence-corrected chi connectivity index (χ2v) is 8.21. The van der Waals surface area contributed by atoms with Gasteiger partial charge < -0.3 is 5.32 Å². The zero-order chi connectivity index (χ0) is 20.2. The second kappa shape index (κ2) is 8.45. The minimum atomic E-state index is -3.88. The fraction of sp³-hybridized carbons (Fsp3) is 0.300. The summed E-state index contributed by atoms with van der Waals surface area (Å²) in [6.45, 7) is 6.72. The van der Waals surface area contributed by atoms with E-state index in [0.717, 1.165) is 9.87 Å². The van der Waals surface area contributed by atoms with Crippen LogP contribution in [0.4, 0.5) is 5.69 Å². The number of anilines is 1. The highest BCUT2D eigenvalue weighted by atomic mass is 32.2. The molecule has 0 aliphatic rings. The number of hydrogen-bond donors (Lipinski definition) is 1. The van der Waals surface area contributed by atoms with Crippen LogP contribution in [0, 0.1) is 6.92 Å². The molecule has 2 aromatic carbocycles. The fourth-order valence-corrected chi connectivity index (χ4v) is 4.27. The molecular weight excluding hydrogens is 364 g/mol. The van der Waals surface area contributed by atoms with Gasteiger partial charge in [-0.2, -0.15) is 4.31 Å². The number of carbonyl (C=O) groups is 2. The molecule has 0 aliphatic heterocycles. The lowest BCUT2D eigenvalue weighted by Crippen LogP contribution is -2.45. The van der Waals surface area contributed by atoms with Gasteiger partial charge in [0.1, 0.15) is 6.04 Å². The average Bonchev–Trinajstić information content (AvgIpc) is 2.63. The Hall–Kier alpha value is -2.51. The number of carbonyl (C=O) groups excluding carboxylic acids is 2. The molecule has 0 saturated carbocycles. The summed E-state index contributed by atoms with van der Waals surface area (Å²) in [5, 5.41) is 2.74. The third kappa shape index (κ3) is 4.81. The van der Waals surface area contributed by atoms with Crippen LogP contribution in [0.5, 0.6) is 0 Å². The lowest BCUT2D eigenvalue weighted by molar-refractivity contribution is -0.119. The summed E-state index contributed by atoms with van der Waals surface area (Å²) in [6, 6.07) is 12.1. The van der Waals surface area contributed by atoms with Gasteiger partial charge in [-0.05, 0) is 45.0 Å². The Morgan fingerprint density at radius 1 is 1.04 bits per heavy atom. The predicted molar refractivity (Wildman–Crippen MR) is 105 cm³/mol. The number of nitrogens with zero attached hydrogens (tertiary/aromatic N) is 1. The first-order chi connectivity index (χ1) is 12.7. The molecule has 0 fully saturated rings. The fourth-order valence-electron chi connectivity index (χ4n) is 2.66. The number of sulfonamides is 1. The lowest BCUT2D eigenvalue weighted by atomic mass is 10.2. The van der Waals surface area contributed by atoms with Crippen LogP contribution >= 0.6 is 0 Å². The second-order valence-electron chi connectivity index (χ2n) is 6.32. The molecular formula is C20H24N2O4S. The summed E-state index contributed by atoms with van der Waals surface area (Å²) in [7, 11) is -3.88. The van der Waals surface area contributed by atoms with Crippen molar-refractivity contribution in [1.82, 2.24) is 4.31 Å². The van der Waals surface area contributed by atoms with E-state index in [1.54, 1.807) is 26.0 Å². The molecule has 6 nitrogen and oxygen atoms in total. The highest BCUT2D eigenvalue weighted by Gasteiger charge is 2.31. The van der Waals surface area contributed by atoms with Gasteiger partial charge in [-0.1, -0.05) is 36.8 Å². The Morgan fingerprint density at radius 3 is 2.07 bits per heavy atom.